The molecule has 0 aromatic heterocycles. The molecular formula is C14H27N. The molecule has 15 heavy (non-hydrogen) atoms. The van der Waals surface area contributed by atoms with E-state index in [1.807, 2.05) is 6.08 Å². The highest BCUT2D eigenvalue weighted by molar-refractivity contribution is 4.96. The van der Waals surface area contributed by atoms with Gasteiger partial charge in [0.05, 0.1) is 0 Å². The van der Waals surface area contributed by atoms with Crippen molar-refractivity contribution in [1.29, 1.82) is 0 Å². The molecule has 1 heteroatoms. The van der Waals surface area contributed by atoms with E-state index in [4.69, 9.17) is 0 Å². The molecule has 0 atom stereocenters. The third kappa shape index (κ3) is 4.38. The Morgan fingerprint density at radius 3 is 2.20 bits per heavy atom. The first-order valence-electron chi connectivity index (χ1n) is 6.25. The Morgan fingerprint density at radius 1 is 1.20 bits per heavy atom. The van der Waals surface area contributed by atoms with E-state index in [0.717, 1.165) is 5.92 Å². The van der Waals surface area contributed by atoms with Gasteiger partial charge in [-0.05, 0) is 59.3 Å². The maximum absolute atomic E-state index is 3.79. The SMILES string of the molecule is C=CCCCC1CC(C)(C)NC(C)(C)C1. The van der Waals surface area contributed by atoms with Crippen LogP contribution in [0.3, 0.4) is 0 Å². The van der Waals surface area contributed by atoms with Crippen LogP contribution >= 0.6 is 0 Å². The largest absolute Gasteiger partial charge is 0.307 e. The van der Waals surface area contributed by atoms with Gasteiger partial charge in [-0.2, -0.15) is 0 Å². The zero-order valence-corrected chi connectivity index (χ0v) is 10.9. The highest BCUT2D eigenvalue weighted by atomic mass is 15.0. The molecule has 1 rings (SSSR count). The molecule has 1 fully saturated rings. The second kappa shape index (κ2) is 4.69. The molecule has 0 bridgehead atoms. The van der Waals surface area contributed by atoms with E-state index >= 15 is 0 Å². The summed E-state index contributed by atoms with van der Waals surface area (Å²) >= 11 is 0. The number of piperidine rings is 1. The number of unbranched alkanes of at least 4 members (excludes halogenated alkanes) is 1. The summed E-state index contributed by atoms with van der Waals surface area (Å²) in [6.07, 6.45) is 8.50. The first-order chi connectivity index (χ1) is 6.85. The topological polar surface area (TPSA) is 12.0 Å². The first kappa shape index (κ1) is 12.8. The molecule has 0 radical (unpaired) electrons. The molecule has 0 spiro atoms. The van der Waals surface area contributed by atoms with Crippen molar-refractivity contribution < 1.29 is 0 Å². The van der Waals surface area contributed by atoms with Gasteiger partial charge < -0.3 is 5.32 Å². The van der Waals surface area contributed by atoms with Gasteiger partial charge in [-0.1, -0.05) is 12.5 Å². The Balaban J connectivity index is 2.47. The number of hydrogen-bond acceptors (Lipinski definition) is 1. The van der Waals surface area contributed by atoms with E-state index in [-0.39, 0.29) is 0 Å². The van der Waals surface area contributed by atoms with Gasteiger partial charge >= 0.3 is 0 Å². The fourth-order valence-electron chi connectivity index (χ4n) is 3.29. The summed E-state index contributed by atoms with van der Waals surface area (Å²) in [5.74, 6) is 0.885. The lowest BCUT2D eigenvalue weighted by molar-refractivity contribution is 0.122. The number of nitrogens with one attached hydrogen (secondary N) is 1. The second-order valence-corrected chi connectivity index (χ2v) is 6.39. The predicted octanol–water partition coefficient (Wildman–Crippen LogP) is 3.90. The average Bonchev–Trinajstić information content (AvgIpc) is 1.98. The number of hydrogen-bond donors (Lipinski definition) is 1. The van der Waals surface area contributed by atoms with Crippen LogP contribution in [-0.2, 0) is 0 Å². The zero-order valence-electron chi connectivity index (χ0n) is 10.9. The highest BCUT2D eigenvalue weighted by Crippen LogP contribution is 2.35. The van der Waals surface area contributed by atoms with Gasteiger partial charge in [0.1, 0.15) is 0 Å². The molecule has 0 saturated carbocycles. The lowest BCUT2D eigenvalue weighted by Crippen LogP contribution is -2.57. The molecule has 1 aliphatic rings. The highest BCUT2D eigenvalue weighted by Gasteiger charge is 2.36. The van der Waals surface area contributed by atoms with Crippen LogP contribution in [0.25, 0.3) is 0 Å². The fourth-order valence-corrected chi connectivity index (χ4v) is 3.29. The van der Waals surface area contributed by atoms with E-state index < -0.39 is 0 Å². The maximum Gasteiger partial charge on any atom is 0.0132 e. The van der Waals surface area contributed by atoms with Crippen molar-refractivity contribution in [3.8, 4) is 0 Å². The van der Waals surface area contributed by atoms with Crippen molar-refractivity contribution in [1.82, 2.24) is 5.32 Å². The first-order valence-corrected chi connectivity index (χ1v) is 6.25. The van der Waals surface area contributed by atoms with Crippen LogP contribution in [0.5, 0.6) is 0 Å². The third-order valence-electron chi connectivity index (χ3n) is 3.30. The maximum atomic E-state index is 3.79. The van der Waals surface area contributed by atoms with E-state index in [1.54, 1.807) is 0 Å². The summed E-state index contributed by atoms with van der Waals surface area (Å²) in [7, 11) is 0. The Labute approximate surface area is 95.3 Å². The van der Waals surface area contributed by atoms with Crippen molar-refractivity contribution in [2.45, 2.75) is 70.9 Å². The molecular weight excluding hydrogens is 182 g/mol. The van der Waals surface area contributed by atoms with Gasteiger partial charge in [0.15, 0.2) is 0 Å². The Hall–Kier alpha value is -0.300. The lowest BCUT2D eigenvalue weighted by atomic mass is 9.74. The summed E-state index contributed by atoms with van der Waals surface area (Å²) in [4.78, 5) is 0. The predicted molar refractivity (Wildman–Crippen MR) is 68.1 cm³/mol. The second-order valence-electron chi connectivity index (χ2n) is 6.39. The van der Waals surface area contributed by atoms with Crippen molar-refractivity contribution in [2.24, 2.45) is 5.92 Å². The van der Waals surface area contributed by atoms with Crippen LogP contribution in [0.4, 0.5) is 0 Å². The van der Waals surface area contributed by atoms with Gasteiger partial charge in [-0.25, -0.2) is 0 Å². The Kier molecular flexibility index (Phi) is 3.99. The lowest BCUT2D eigenvalue weighted by Gasteiger charge is -2.46. The molecule has 0 amide bonds. The Morgan fingerprint density at radius 2 is 1.73 bits per heavy atom. The van der Waals surface area contributed by atoms with Crippen LogP contribution in [0, 0.1) is 5.92 Å². The number of allylic oxidation sites excluding steroid dienone is 1. The smallest absolute Gasteiger partial charge is 0.0132 e. The monoisotopic (exact) mass is 209 g/mol. The van der Waals surface area contributed by atoms with Crippen molar-refractivity contribution >= 4 is 0 Å². The van der Waals surface area contributed by atoms with Crippen LogP contribution < -0.4 is 5.32 Å². The van der Waals surface area contributed by atoms with Gasteiger partial charge in [0.25, 0.3) is 0 Å². The standard InChI is InChI=1S/C14H27N/c1-6-7-8-9-12-10-13(2,3)15-14(4,5)11-12/h6,12,15H,1,7-11H2,2-5H3. The van der Waals surface area contributed by atoms with Crippen LogP contribution in [0.15, 0.2) is 12.7 Å². The molecule has 1 aliphatic heterocycles. The van der Waals surface area contributed by atoms with E-state index in [2.05, 4.69) is 39.6 Å². The van der Waals surface area contributed by atoms with Crippen molar-refractivity contribution in [2.75, 3.05) is 0 Å². The van der Waals surface area contributed by atoms with Gasteiger partial charge in [0.2, 0.25) is 0 Å². The molecule has 1 N–H and O–H groups in total. The molecule has 0 aliphatic carbocycles. The fraction of sp³-hybridized carbons (Fsp3) is 0.857. The summed E-state index contributed by atoms with van der Waals surface area (Å²) in [5, 5.41) is 3.73. The van der Waals surface area contributed by atoms with Crippen LogP contribution in [0.1, 0.15) is 59.8 Å². The average molecular weight is 209 g/mol. The summed E-state index contributed by atoms with van der Waals surface area (Å²) in [6.45, 7) is 13.1. The van der Waals surface area contributed by atoms with Gasteiger partial charge in [-0.15, -0.1) is 6.58 Å². The molecule has 88 valence electrons. The van der Waals surface area contributed by atoms with Gasteiger partial charge in [0, 0.05) is 11.1 Å². The molecule has 0 aromatic carbocycles. The van der Waals surface area contributed by atoms with Crippen molar-refractivity contribution in [3.05, 3.63) is 12.7 Å². The minimum Gasteiger partial charge on any atom is -0.307 e. The molecule has 1 saturated heterocycles. The van der Waals surface area contributed by atoms with Gasteiger partial charge in [-0.3, -0.25) is 0 Å². The van der Waals surface area contributed by atoms with E-state index in [0.29, 0.717) is 11.1 Å². The minimum atomic E-state index is 0.306. The van der Waals surface area contributed by atoms with E-state index in [1.165, 1.54) is 32.1 Å². The molecule has 1 nitrogen and oxygen atoms in total. The zero-order chi connectivity index (χ0) is 11.5. The minimum absolute atomic E-state index is 0.306. The normalized spacial score (nSPS) is 25.1. The Bertz CT molecular complexity index is 199. The van der Waals surface area contributed by atoms with Crippen molar-refractivity contribution in [3.63, 3.8) is 0 Å². The third-order valence-corrected chi connectivity index (χ3v) is 3.30. The molecule has 1 heterocycles. The summed E-state index contributed by atoms with van der Waals surface area (Å²) < 4.78 is 0. The van der Waals surface area contributed by atoms with E-state index in [9.17, 15) is 0 Å². The number of rotatable bonds is 4. The summed E-state index contributed by atoms with van der Waals surface area (Å²) in [5.41, 5.74) is 0.612. The van der Waals surface area contributed by atoms with Crippen LogP contribution in [0.2, 0.25) is 0 Å². The summed E-state index contributed by atoms with van der Waals surface area (Å²) in [6, 6.07) is 0. The molecule has 0 aromatic rings. The molecule has 0 unspecified atom stereocenters. The quantitative estimate of drug-likeness (QED) is 0.547. The van der Waals surface area contributed by atoms with Crippen LogP contribution in [-0.4, -0.2) is 11.1 Å².